The van der Waals surface area contributed by atoms with Crippen LogP contribution in [0.15, 0.2) is 60.7 Å². The summed E-state index contributed by atoms with van der Waals surface area (Å²) in [5.41, 5.74) is 3.57. The first-order valence-corrected chi connectivity index (χ1v) is 12.0. The minimum absolute atomic E-state index is 0.0568. The summed E-state index contributed by atoms with van der Waals surface area (Å²) < 4.78 is 28.9. The zero-order valence-corrected chi connectivity index (χ0v) is 20.4. The third-order valence-electron chi connectivity index (χ3n) is 5.87. The van der Waals surface area contributed by atoms with Gasteiger partial charge in [0.15, 0.2) is 17.4 Å². The average Bonchev–Trinajstić information content (AvgIpc) is 3.18. The van der Waals surface area contributed by atoms with Gasteiger partial charge in [0.05, 0.1) is 5.56 Å². The highest BCUT2D eigenvalue weighted by Crippen LogP contribution is 2.29. The lowest BCUT2D eigenvalue weighted by atomic mass is 10.0. The summed E-state index contributed by atoms with van der Waals surface area (Å²) in [4.78, 5) is 15.3. The first-order valence-electron chi connectivity index (χ1n) is 12.0. The second kappa shape index (κ2) is 12.3. The van der Waals surface area contributed by atoms with Gasteiger partial charge in [-0.15, -0.1) is 0 Å². The summed E-state index contributed by atoms with van der Waals surface area (Å²) in [5.74, 6) is -0.760. The fourth-order valence-electron chi connectivity index (χ4n) is 4.12. The van der Waals surface area contributed by atoms with Crippen LogP contribution in [0, 0.1) is 11.6 Å². The number of rotatable bonds is 12. The van der Waals surface area contributed by atoms with Gasteiger partial charge in [0.2, 0.25) is 0 Å². The normalized spacial score (nSPS) is 11.3. The van der Waals surface area contributed by atoms with Crippen molar-refractivity contribution in [3.8, 4) is 0 Å². The van der Waals surface area contributed by atoms with Gasteiger partial charge in [-0.05, 0) is 54.7 Å². The Morgan fingerprint density at radius 1 is 0.971 bits per heavy atom. The molecule has 0 spiro atoms. The number of aromatic nitrogens is 1. The van der Waals surface area contributed by atoms with Crippen LogP contribution in [0.2, 0.25) is 0 Å². The Bertz CT molecular complexity index is 1120. The largest absolute Gasteiger partial charge is 0.364 e. The standard InChI is InChI=1S/C29H34F2N2O/c1-4-5-6-10-15-24-20-25(28(34)16-11-14-22-17-18-26(30)27(31)19-22)29(32(2)3)33(24)21-23-12-8-7-9-13-23/h7-10,12-13,15,17-20H,4-6,11,14,16,21H2,1-3H3/b15-10+. The molecule has 3 nitrogen and oxygen atoms in total. The molecule has 0 aliphatic rings. The smallest absolute Gasteiger partial charge is 0.166 e. The molecule has 180 valence electrons. The van der Waals surface area contributed by atoms with E-state index in [1.165, 1.54) is 11.6 Å². The fraction of sp³-hybridized carbons (Fsp3) is 0.345. The monoisotopic (exact) mass is 464 g/mol. The Morgan fingerprint density at radius 3 is 2.41 bits per heavy atom. The molecule has 2 aromatic carbocycles. The van der Waals surface area contributed by atoms with Gasteiger partial charge in [-0.3, -0.25) is 4.79 Å². The van der Waals surface area contributed by atoms with Gasteiger partial charge in [-0.25, -0.2) is 8.78 Å². The number of benzene rings is 2. The van der Waals surface area contributed by atoms with E-state index in [2.05, 4.69) is 35.8 Å². The number of allylic oxidation sites excluding steroid dienone is 1. The van der Waals surface area contributed by atoms with E-state index in [0.29, 0.717) is 36.9 Å². The van der Waals surface area contributed by atoms with E-state index in [-0.39, 0.29) is 5.78 Å². The van der Waals surface area contributed by atoms with Crippen LogP contribution in [0.5, 0.6) is 0 Å². The van der Waals surface area contributed by atoms with Crippen molar-refractivity contribution in [3.63, 3.8) is 0 Å². The van der Waals surface area contributed by atoms with E-state index in [1.54, 1.807) is 6.07 Å². The van der Waals surface area contributed by atoms with Crippen LogP contribution in [0.1, 0.15) is 66.2 Å². The SMILES string of the molecule is CCCC/C=C/c1cc(C(=O)CCCc2ccc(F)c(F)c2)c(N(C)C)n1Cc1ccccc1. The molecule has 0 amide bonds. The second-order valence-electron chi connectivity index (χ2n) is 8.84. The van der Waals surface area contributed by atoms with Crippen molar-refractivity contribution in [2.24, 2.45) is 0 Å². The minimum Gasteiger partial charge on any atom is -0.364 e. The Labute approximate surface area is 201 Å². The molecule has 0 radical (unpaired) electrons. The minimum atomic E-state index is -0.852. The summed E-state index contributed by atoms with van der Waals surface area (Å²) in [6.45, 7) is 2.84. The molecule has 1 heterocycles. The number of anilines is 1. The van der Waals surface area contributed by atoms with Gasteiger partial charge in [0.25, 0.3) is 0 Å². The molecule has 0 aliphatic heterocycles. The highest BCUT2D eigenvalue weighted by atomic mass is 19.2. The third kappa shape index (κ3) is 6.66. The maximum Gasteiger partial charge on any atom is 0.166 e. The van der Waals surface area contributed by atoms with Gasteiger partial charge in [0, 0.05) is 32.8 Å². The number of halogens is 2. The number of unbranched alkanes of at least 4 members (excludes halogenated alkanes) is 2. The zero-order valence-electron chi connectivity index (χ0n) is 20.4. The Kier molecular flexibility index (Phi) is 9.20. The number of hydrogen-bond acceptors (Lipinski definition) is 2. The molecule has 0 saturated heterocycles. The molecule has 0 atom stereocenters. The molecule has 0 aliphatic carbocycles. The van der Waals surface area contributed by atoms with Crippen molar-refractivity contribution in [2.45, 2.75) is 52.0 Å². The van der Waals surface area contributed by atoms with Crippen LogP contribution in [0.3, 0.4) is 0 Å². The molecule has 3 aromatic rings. The predicted octanol–water partition coefficient (Wildman–Crippen LogP) is 7.29. The van der Waals surface area contributed by atoms with Crippen LogP contribution < -0.4 is 4.90 Å². The van der Waals surface area contributed by atoms with Crippen molar-refractivity contribution >= 4 is 17.7 Å². The predicted molar refractivity (Wildman–Crippen MR) is 136 cm³/mol. The molecule has 0 bridgehead atoms. The van der Waals surface area contributed by atoms with Crippen LogP contribution in [-0.4, -0.2) is 24.4 Å². The van der Waals surface area contributed by atoms with Crippen molar-refractivity contribution < 1.29 is 13.6 Å². The van der Waals surface area contributed by atoms with Crippen molar-refractivity contribution in [1.82, 2.24) is 4.57 Å². The number of Topliss-reactive ketones (excluding diaryl/α,β-unsaturated/α-hetero) is 1. The van der Waals surface area contributed by atoms with Crippen LogP contribution in [0.4, 0.5) is 14.6 Å². The highest BCUT2D eigenvalue weighted by Gasteiger charge is 2.21. The number of hydrogen-bond donors (Lipinski definition) is 0. The van der Waals surface area contributed by atoms with E-state index < -0.39 is 11.6 Å². The first-order chi connectivity index (χ1) is 16.4. The van der Waals surface area contributed by atoms with Crippen LogP contribution in [-0.2, 0) is 13.0 Å². The van der Waals surface area contributed by atoms with E-state index in [9.17, 15) is 13.6 Å². The lowest BCUT2D eigenvalue weighted by molar-refractivity contribution is 0.0980. The van der Waals surface area contributed by atoms with Crippen LogP contribution in [0.25, 0.3) is 6.08 Å². The number of carbonyl (C=O) groups excluding carboxylic acids is 1. The topological polar surface area (TPSA) is 25.2 Å². The third-order valence-corrected chi connectivity index (χ3v) is 5.87. The van der Waals surface area contributed by atoms with Crippen molar-refractivity contribution in [1.29, 1.82) is 0 Å². The van der Waals surface area contributed by atoms with Gasteiger partial charge in [0.1, 0.15) is 5.82 Å². The average molecular weight is 465 g/mol. The first kappa shape index (κ1) is 25.4. The lowest BCUT2D eigenvalue weighted by Gasteiger charge is -2.20. The quantitative estimate of drug-likeness (QED) is 0.208. The van der Waals surface area contributed by atoms with Gasteiger partial charge in [-0.2, -0.15) is 0 Å². The molecule has 34 heavy (non-hydrogen) atoms. The molecular formula is C29H34F2N2O. The molecule has 1 aromatic heterocycles. The maximum atomic E-state index is 13.5. The maximum absolute atomic E-state index is 13.5. The van der Waals surface area contributed by atoms with Crippen LogP contribution >= 0.6 is 0 Å². The second-order valence-corrected chi connectivity index (χ2v) is 8.84. The van der Waals surface area contributed by atoms with E-state index in [4.69, 9.17) is 0 Å². The Balaban J connectivity index is 1.84. The number of carbonyl (C=O) groups is 1. The van der Waals surface area contributed by atoms with Crippen molar-refractivity contribution in [3.05, 3.63) is 94.7 Å². The molecule has 3 rings (SSSR count). The Hall–Kier alpha value is -3.21. The van der Waals surface area contributed by atoms with Crippen molar-refractivity contribution in [2.75, 3.05) is 19.0 Å². The van der Waals surface area contributed by atoms with E-state index >= 15 is 0 Å². The molecule has 0 N–H and O–H groups in total. The molecule has 5 heteroatoms. The summed E-state index contributed by atoms with van der Waals surface area (Å²) in [7, 11) is 3.92. The van der Waals surface area contributed by atoms with E-state index in [0.717, 1.165) is 36.8 Å². The molecule has 0 unspecified atom stereocenters. The fourth-order valence-corrected chi connectivity index (χ4v) is 4.12. The van der Waals surface area contributed by atoms with Gasteiger partial charge < -0.3 is 9.47 Å². The number of aryl methyl sites for hydroxylation is 1. The number of ketones is 1. The van der Waals surface area contributed by atoms with Gasteiger partial charge >= 0.3 is 0 Å². The lowest BCUT2D eigenvalue weighted by Crippen LogP contribution is -2.18. The summed E-state index contributed by atoms with van der Waals surface area (Å²) in [6.07, 6.45) is 9.00. The van der Waals surface area contributed by atoms with E-state index in [1.807, 2.05) is 43.3 Å². The summed E-state index contributed by atoms with van der Waals surface area (Å²) in [6, 6.07) is 16.1. The highest BCUT2D eigenvalue weighted by molar-refractivity contribution is 6.01. The molecular weight excluding hydrogens is 430 g/mol. The number of nitrogens with zero attached hydrogens (tertiary/aromatic N) is 2. The summed E-state index contributed by atoms with van der Waals surface area (Å²) in [5, 5.41) is 0. The zero-order chi connectivity index (χ0) is 24.5. The summed E-state index contributed by atoms with van der Waals surface area (Å²) >= 11 is 0. The van der Waals surface area contributed by atoms with Gasteiger partial charge in [-0.1, -0.05) is 62.2 Å². The molecule has 0 fully saturated rings. The Morgan fingerprint density at radius 2 is 1.74 bits per heavy atom. The molecule has 0 saturated carbocycles.